The molecule has 1 heterocycles. The maximum atomic E-state index is 13.2. The van der Waals surface area contributed by atoms with Crippen LogP contribution in [0.3, 0.4) is 0 Å². The van der Waals surface area contributed by atoms with Crippen LogP contribution in [0.1, 0.15) is 81.8 Å². The maximum absolute atomic E-state index is 13.2. The van der Waals surface area contributed by atoms with E-state index in [1.165, 1.54) is 24.1 Å². The molecule has 2 N–H and O–H groups in total. The van der Waals surface area contributed by atoms with E-state index < -0.39 is 12.0 Å². The van der Waals surface area contributed by atoms with Crippen molar-refractivity contribution in [1.29, 1.82) is 0 Å². The molecular weight excluding hydrogens is 545 g/mol. The molecule has 1 amide bonds. The van der Waals surface area contributed by atoms with Crippen molar-refractivity contribution in [2.45, 2.75) is 95.4 Å². The van der Waals surface area contributed by atoms with Gasteiger partial charge < -0.3 is 25.0 Å². The number of carboxylic acid groups (broad SMARTS) is 1. The van der Waals surface area contributed by atoms with Crippen LogP contribution in [0.25, 0.3) is 0 Å². The average molecular weight is 594 g/mol. The Morgan fingerprint density at radius 1 is 1.05 bits per heavy atom. The Morgan fingerprint density at radius 2 is 1.77 bits per heavy atom. The Kier molecular flexibility index (Phi) is 11.1. The number of amides is 1. The Hall–Kier alpha value is -2.97. The lowest BCUT2D eigenvalue weighted by atomic mass is 9.80. The lowest BCUT2D eigenvalue weighted by Crippen LogP contribution is -2.48. The number of likely N-dealkylation sites (tertiary alicyclic amines) is 1. The molecule has 3 aliphatic rings. The van der Waals surface area contributed by atoms with Gasteiger partial charge in [-0.2, -0.15) is 0 Å². The predicted octanol–water partition coefficient (Wildman–Crippen LogP) is 6.43. The minimum atomic E-state index is -0.721. The quantitative estimate of drug-likeness (QED) is 0.278. The van der Waals surface area contributed by atoms with E-state index >= 15 is 0 Å². The van der Waals surface area contributed by atoms with Gasteiger partial charge >= 0.3 is 12.1 Å². The number of nitrogens with zero attached hydrogens (tertiary/aromatic N) is 2. The van der Waals surface area contributed by atoms with Crippen molar-refractivity contribution >= 4 is 12.1 Å². The fraction of sp³-hybridized carbons (Fsp3) is 0.600. The third-order valence-corrected chi connectivity index (χ3v) is 9.92. The van der Waals surface area contributed by atoms with E-state index in [1.54, 1.807) is 12.1 Å². The van der Waals surface area contributed by atoms with Gasteiger partial charge in [-0.25, -0.2) is 9.18 Å². The molecule has 0 bridgehead atoms. The summed E-state index contributed by atoms with van der Waals surface area (Å²) in [7, 11) is 0. The third kappa shape index (κ3) is 8.57. The zero-order valence-corrected chi connectivity index (χ0v) is 25.5. The second kappa shape index (κ2) is 15.2. The van der Waals surface area contributed by atoms with Gasteiger partial charge in [0.1, 0.15) is 18.5 Å². The van der Waals surface area contributed by atoms with E-state index in [1.807, 2.05) is 4.90 Å². The SMILES string of the molecule is CCCN(C(=O)OCc1ccc(F)cc1)C1CCN(CC2CC(NC(CC3CCC3)C(=O)O)CC2c2ccccc2)CC1. The van der Waals surface area contributed by atoms with Crippen molar-refractivity contribution < 1.29 is 23.8 Å². The zero-order valence-electron chi connectivity index (χ0n) is 25.5. The molecule has 1 aliphatic heterocycles. The Morgan fingerprint density at radius 3 is 2.40 bits per heavy atom. The summed E-state index contributed by atoms with van der Waals surface area (Å²) in [5, 5.41) is 13.5. The highest BCUT2D eigenvalue weighted by Crippen LogP contribution is 2.41. The van der Waals surface area contributed by atoms with Crippen LogP contribution in [-0.2, 0) is 16.1 Å². The first kappa shape index (κ1) is 31.5. The number of nitrogens with one attached hydrogen (secondary N) is 1. The second-order valence-electron chi connectivity index (χ2n) is 12.9. The molecule has 2 aromatic carbocycles. The van der Waals surface area contributed by atoms with Crippen LogP contribution in [-0.4, -0.2) is 71.3 Å². The molecule has 5 rings (SSSR count). The molecule has 234 valence electrons. The first-order valence-corrected chi connectivity index (χ1v) is 16.3. The summed E-state index contributed by atoms with van der Waals surface area (Å²) in [6, 6.07) is 16.6. The summed E-state index contributed by atoms with van der Waals surface area (Å²) in [6.07, 6.45) is 8.58. The molecule has 8 heteroatoms. The smallest absolute Gasteiger partial charge is 0.410 e. The highest BCUT2D eigenvalue weighted by atomic mass is 19.1. The van der Waals surface area contributed by atoms with Crippen LogP contribution in [0.15, 0.2) is 54.6 Å². The lowest BCUT2D eigenvalue weighted by Gasteiger charge is -2.39. The number of carbonyl (C=O) groups excluding carboxylic acids is 1. The van der Waals surface area contributed by atoms with Crippen LogP contribution in [0.4, 0.5) is 9.18 Å². The molecule has 3 fully saturated rings. The monoisotopic (exact) mass is 593 g/mol. The van der Waals surface area contributed by atoms with Gasteiger partial charge in [-0.3, -0.25) is 4.79 Å². The van der Waals surface area contributed by atoms with Gasteiger partial charge in [-0.1, -0.05) is 68.7 Å². The first-order chi connectivity index (χ1) is 20.9. The Labute approximate surface area is 255 Å². The molecule has 4 unspecified atom stereocenters. The number of rotatable bonds is 13. The summed E-state index contributed by atoms with van der Waals surface area (Å²) < 4.78 is 18.9. The molecule has 7 nitrogen and oxygen atoms in total. The molecule has 2 aromatic rings. The number of piperidine rings is 1. The molecule has 43 heavy (non-hydrogen) atoms. The number of benzene rings is 2. The van der Waals surface area contributed by atoms with Crippen molar-refractivity contribution in [2.75, 3.05) is 26.2 Å². The normalized spacial score (nSPS) is 23.9. The fourth-order valence-corrected chi connectivity index (χ4v) is 7.38. The van der Waals surface area contributed by atoms with E-state index in [2.05, 4.69) is 47.5 Å². The number of hydrogen-bond acceptors (Lipinski definition) is 5. The zero-order chi connectivity index (χ0) is 30.2. The summed E-state index contributed by atoms with van der Waals surface area (Å²) in [6.45, 7) is 5.69. The molecule has 0 spiro atoms. The molecule has 2 saturated carbocycles. The fourth-order valence-electron chi connectivity index (χ4n) is 7.38. The molecule has 0 radical (unpaired) electrons. The van der Waals surface area contributed by atoms with Crippen LogP contribution in [0, 0.1) is 17.7 Å². The van der Waals surface area contributed by atoms with Gasteiger partial charge in [0.2, 0.25) is 0 Å². The van der Waals surface area contributed by atoms with Gasteiger partial charge in [-0.15, -0.1) is 0 Å². The predicted molar refractivity (Wildman–Crippen MR) is 165 cm³/mol. The Bertz CT molecular complexity index is 1170. The highest BCUT2D eigenvalue weighted by Gasteiger charge is 2.39. The van der Waals surface area contributed by atoms with E-state index in [4.69, 9.17) is 4.74 Å². The molecule has 4 atom stereocenters. The van der Waals surface area contributed by atoms with Crippen molar-refractivity contribution in [3.05, 3.63) is 71.5 Å². The van der Waals surface area contributed by atoms with Crippen LogP contribution in [0.5, 0.6) is 0 Å². The third-order valence-electron chi connectivity index (χ3n) is 9.92. The van der Waals surface area contributed by atoms with E-state index in [-0.39, 0.29) is 30.6 Å². The Balaban J connectivity index is 1.16. The number of hydrogen-bond donors (Lipinski definition) is 2. The van der Waals surface area contributed by atoms with Crippen molar-refractivity contribution in [2.24, 2.45) is 11.8 Å². The van der Waals surface area contributed by atoms with E-state index in [0.29, 0.717) is 24.3 Å². The van der Waals surface area contributed by atoms with Crippen LogP contribution >= 0.6 is 0 Å². The minimum absolute atomic E-state index is 0.138. The van der Waals surface area contributed by atoms with Crippen molar-refractivity contribution in [3.8, 4) is 0 Å². The average Bonchev–Trinajstić information content (AvgIpc) is 3.39. The summed E-state index contributed by atoms with van der Waals surface area (Å²) >= 11 is 0. The van der Waals surface area contributed by atoms with E-state index in [9.17, 15) is 19.1 Å². The second-order valence-corrected chi connectivity index (χ2v) is 12.9. The van der Waals surface area contributed by atoms with E-state index in [0.717, 1.165) is 76.6 Å². The highest BCUT2D eigenvalue weighted by molar-refractivity contribution is 5.73. The number of ether oxygens (including phenoxy) is 1. The van der Waals surface area contributed by atoms with Gasteiger partial charge in [0, 0.05) is 38.3 Å². The number of carboxylic acids is 1. The summed E-state index contributed by atoms with van der Waals surface area (Å²) in [5.74, 6) is 0.364. The van der Waals surface area contributed by atoms with Gasteiger partial charge in [0.25, 0.3) is 0 Å². The largest absolute Gasteiger partial charge is 0.480 e. The number of aliphatic carboxylic acids is 1. The number of carbonyl (C=O) groups is 2. The molecule has 0 aromatic heterocycles. The standard InChI is InChI=1S/C35H48FN3O4/c1-2-17-39(35(42)43-24-26-11-13-29(36)14-12-26)31-15-18-38(19-16-31)23-28-21-30(22-32(28)27-9-4-3-5-10-27)37-33(34(40)41)20-25-7-6-8-25/h3-5,9-14,25,28,30-33,37H,2,6-8,15-24H2,1H3,(H,40,41). The summed E-state index contributed by atoms with van der Waals surface area (Å²) in [5.41, 5.74) is 2.12. The first-order valence-electron chi connectivity index (χ1n) is 16.3. The minimum Gasteiger partial charge on any atom is -0.480 e. The molecular formula is C35H48FN3O4. The maximum Gasteiger partial charge on any atom is 0.410 e. The lowest BCUT2D eigenvalue weighted by molar-refractivity contribution is -0.140. The van der Waals surface area contributed by atoms with Crippen molar-refractivity contribution in [3.63, 3.8) is 0 Å². The molecule has 1 saturated heterocycles. The topological polar surface area (TPSA) is 82.1 Å². The van der Waals surface area contributed by atoms with Gasteiger partial charge in [0.05, 0.1) is 0 Å². The molecule has 2 aliphatic carbocycles. The van der Waals surface area contributed by atoms with Gasteiger partial charge in [0.15, 0.2) is 0 Å². The van der Waals surface area contributed by atoms with Gasteiger partial charge in [-0.05, 0) is 79.5 Å². The van der Waals surface area contributed by atoms with Crippen LogP contribution in [0.2, 0.25) is 0 Å². The summed E-state index contributed by atoms with van der Waals surface area (Å²) in [4.78, 5) is 29.6. The van der Waals surface area contributed by atoms with Crippen LogP contribution < -0.4 is 5.32 Å². The number of halogens is 1. The van der Waals surface area contributed by atoms with Crippen molar-refractivity contribution in [1.82, 2.24) is 15.1 Å².